The normalized spacial score (nSPS) is 40.8. The van der Waals surface area contributed by atoms with Gasteiger partial charge in [-0.25, -0.2) is 0 Å². The Kier molecular flexibility index (Phi) is 5.29. The second-order valence-electron chi connectivity index (χ2n) is 11.2. The van der Waals surface area contributed by atoms with Crippen LogP contribution in [0.25, 0.3) is 0 Å². The number of piperidine rings is 1. The van der Waals surface area contributed by atoms with E-state index in [1.165, 1.54) is 6.42 Å². The SMILES string of the molecule is COc1ccccc1OC(=O)[C@H]1CC[C@H]2[C@@H]3CC[C@H]4N(C)C(=O)CC[C@]4(C)[C@H]3CC[C@]12C. The Morgan fingerprint density at radius 1 is 0.969 bits per heavy atom. The summed E-state index contributed by atoms with van der Waals surface area (Å²) in [5, 5.41) is 0. The van der Waals surface area contributed by atoms with E-state index in [1.54, 1.807) is 7.11 Å². The van der Waals surface area contributed by atoms with Crippen LogP contribution < -0.4 is 9.47 Å². The highest BCUT2D eigenvalue weighted by atomic mass is 16.6. The van der Waals surface area contributed by atoms with Crippen molar-refractivity contribution in [2.45, 2.75) is 71.3 Å². The number of ether oxygens (including phenoxy) is 2. The third-order valence-electron chi connectivity index (χ3n) is 10.1. The second kappa shape index (κ2) is 7.78. The Morgan fingerprint density at radius 3 is 2.44 bits per heavy atom. The molecular formula is C27H37NO4. The van der Waals surface area contributed by atoms with Crippen LogP contribution in [-0.4, -0.2) is 37.0 Å². The third kappa shape index (κ3) is 3.10. The maximum atomic E-state index is 13.4. The highest BCUT2D eigenvalue weighted by molar-refractivity contribution is 5.78. The van der Waals surface area contributed by atoms with Gasteiger partial charge in [-0.3, -0.25) is 9.59 Å². The van der Waals surface area contributed by atoms with Crippen molar-refractivity contribution in [3.8, 4) is 11.5 Å². The van der Waals surface area contributed by atoms with Crippen LogP contribution in [0.4, 0.5) is 0 Å². The number of nitrogens with zero attached hydrogens (tertiary/aromatic N) is 1. The number of fused-ring (bicyclic) bond motifs is 5. The fourth-order valence-electron chi connectivity index (χ4n) is 8.42. The van der Waals surface area contributed by atoms with Crippen molar-refractivity contribution < 1.29 is 19.1 Å². The first-order chi connectivity index (χ1) is 15.3. The summed E-state index contributed by atoms with van der Waals surface area (Å²) in [6.45, 7) is 4.79. The fourth-order valence-corrected chi connectivity index (χ4v) is 8.42. The molecule has 7 atom stereocenters. The molecule has 4 aliphatic rings. The topological polar surface area (TPSA) is 55.8 Å². The van der Waals surface area contributed by atoms with Crippen LogP contribution in [-0.2, 0) is 9.59 Å². The van der Waals surface area contributed by atoms with Gasteiger partial charge in [-0.15, -0.1) is 0 Å². The van der Waals surface area contributed by atoms with Gasteiger partial charge in [-0.2, -0.15) is 0 Å². The smallest absolute Gasteiger partial charge is 0.315 e. The molecule has 1 aromatic rings. The minimum Gasteiger partial charge on any atom is -0.493 e. The molecule has 0 spiro atoms. The molecule has 5 nitrogen and oxygen atoms in total. The number of para-hydroxylation sites is 2. The van der Waals surface area contributed by atoms with Gasteiger partial charge in [0.05, 0.1) is 13.0 Å². The molecule has 1 aromatic carbocycles. The Labute approximate surface area is 191 Å². The predicted octanol–water partition coefficient (Wildman–Crippen LogP) is 5.08. The summed E-state index contributed by atoms with van der Waals surface area (Å²) in [4.78, 5) is 27.8. The van der Waals surface area contributed by atoms with Gasteiger partial charge in [-0.1, -0.05) is 26.0 Å². The van der Waals surface area contributed by atoms with E-state index in [-0.39, 0.29) is 22.7 Å². The minimum atomic E-state index is -0.0964. The summed E-state index contributed by atoms with van der Waals surface area (Å²) in [5.74, 6) is 3.15. The fraction of sp³-hybridized carbons (Fsp3) is 0.704. The number of rotatable bonds is 3. The summed E-state index contributed by atoms with van der Waals surface area (Å²) in [5.41, 5.74) is 0.211. The maximum absolute atomic E-state index is 13.4. The molecule has 4 fully saturated rings. The van der Waals surface area contributed by atoms with Crippen LogP contribution >= 0.6 is 0 Å². The molecule has 3 saturated carbocycles. The highest BCUT2D eigenvalue weighted by Gasteiger charge is 2.62. The van der Waals surface area contributed by atoms with Crippen molar-refractivity contribution in [3.63, 3.8) is 0 Å². The van der Waals surface area contributed by atoms with Crippen LogP contribution in [0.2, 0.25) is 0 Å². The van der Waals surface area contributed by atoms with Gasteiger partial charge >= 0.3 is 5.97 Å². The summed E-state index contributed by atoms with van der Waals surface area (Å²) < 4.78 is 11.3. The average Bonchev–Trinajstić information content (AvgIpc) is 3.14. The van der Waals surface area contributed by atoms with Gasteiger partial charge in [0.1, 0.15) is 0 Å². The lowest BCUT2D eigenvalue weighted by Crippen LogP contribution is -2.61. The Bertz CT molecular complexity index is 915. The zero-order valence-corrected chi connectivity index (χ0v) is 19.9. The molecule has 1 heterocycles. The quantitative estimate of drug-likeness (QED) is 0.487. The number of methoxy groups -OCH3 is 1. The number of likely N-dealkylation sites (tertiary alicyclic amines) is 1. The molecule has 0 unspecified atom stereocenters. The lowest BCUT2D eigenvalue weighted by molar-refractivity contribution is -0.162. The molecule has 1 aliphatic heterocycles. The standard InChI is InChI=1S/C27H37NO4/c1-26-15-13-19-17(9-12-23-27(19,2)16-14-24(29)28(23)3)18(26)10-11-20(26)25(30)32-22-8-6-5-7-21(22)31-4/h5-8,17-20,23H,9-16H2,1-4H3/t17-,18-,19-,20+,23+,26-,27+/m0/s1. The molecule has 3 aliphatic carbocycles. The number of hydrogen-bond donors (Lipinski definition) is 0. The zero-order chi connectivity index (χ0) is 22.7. The summed E-state index contributed by atoms with van der Waals surface area (Å²) >= 11 is 0. The molecule has 5 heteroatoms. The third-order valence-corrected chi connectivity index (χ3v) is 10.1. The second-order valence-corrected chi connectivity index (χ2v) is 11.2. The van der Waals surface area contributed by atoms with E-state index in [0.717, 1.165) is 38.5 Å². The van der Waals surface area contributed by atoms with E-state index in [0.29, 0.717) is 47.6 Å². The van der Waals surface area contributed by atoms with Crippen molar-refractivity contribution in [3.05, 3.63) is 24.3 Å². The van der Waals surface area contributed by atoms with Gasteiger partial charge < -0.3 is 14.4 Å². The van der Waals surface area contributed by atoms with Crippen LogP contribution in [0, 0.1) is 34.5 Å². The molecule has 5 rings (SSSR count). The monoisotopic (exact) mass is 439 g/mol. The van der Waals surface area contributed by atoms with E-state index in [9.17, 15) is 9.59 Å². The number of benzene rings is 1. The van der Waals surface area contributed by atoms with E-state index >= 15 is 0 Å². The van der Waals surface area contributed by atoms with Crippen molar-refractivity contribution in [1.29, 1.82) is 0 Å². The molecule has 0 radical (unpaired) electrons. The lowest BCUT2D eigenvalue weighted by Gasteiger charge is -2.61. The van der Waals surface area contributed by atoms with Gasteiger partial charge in [0, 0.05) is 19.5 Å². The van der Waals surface area contributed by atoms with Crippen molar-refractivity contribution in [2.24, 2.45) is 34.5 Å². The predicted molar refractivity (Wildman–Crippen MR) is 122 cm³/mol. The zero-order valence-electron chi connectivity index (χ0n) is 19.9. The van der Waals surface area contributed by atoms with Gasteiger partial charge in [0.25, 0.3) is 0 Å². The number of carbonyl (C=O) groups is 2. The number of hydrogen-bond acceptors (Lipinski definition) is 4. The number of esters is 1. The summed E-state index contributed by atoms with van der Waals surface area (Å²) in [6.07, 6.45) is 8.23. The average molecular weight is 440 g/mol. The Balaban J connectivity index is 1.36. The Hall–Kier alpha value is -2.04. The van der Waals surface area contributed by atoms with Crippen LogP contribution in [0.1, 0.15) is 65.2 Å². The molecule has 0 aromatic heterocycles. The van der Waals surface area contributed by atoms with Crippen molar-refractivity contribution in [1.82, 2.24) is 4.90 Å². The van der Waals surface area contributed by atoms with E-state index in [2.05, 4.69) is 18.7 Å². The minimum absolute atomic E-state index is 0.000149. The molecule has 0 bridgehead atoms. The first kappa shape index (κ1) is 21.8. The molecule has 32 heavy (non-hydrogen) atoms. The number of amides is 1. The molecule has 1 amide bonds. The molecule has 1 saturated heterocycles. The van der Waals surface area contributed by atoms with Crippen LogP contribution in [0.3, 0.4) is 0 Å². The van der Waals surface area contributed by atoms with E-state index in [1.807, 2.05) is 31.3 Å². The summed E-state index contributed by atoms with van der Waals surface area (Å²) in [6, 6.07) is 7.78. The first-order valence-corrected chi connectivity index (χ1v) is 12.4. The van der Waals surface area contributed by atoms with Gasteiger partial charge in [-0.05, 0) is 85.7 Å². The van der Waals surface area contributed by atoms with Crippen LogP contribution in [0.5, 0.6) is 11.5 Å². The molecular weight excluding hydrogens is 402 g/mol. The van der Waals surface area contributed by atoms with E-state index < -0.39 is 0 Å². The molecule has 0 N–H and O–H groups in total. The molecule has 174 valence electrons. The summed E-state index contributed by atoms with van der Waals surface area (Å²) in [7, 11) is 3.62. The maximum Gasteiger partial charge on any atom is 0.315 e. The van der Waals surface area contributed by atoms with Gasteiger partial charge in [0.2, 0.25) is 5.91 Å². The van der Waals surface area contributed by atoms with Crippen LogP contribution in [0.15, 0.2) is 24.3 Å². The lowest BCUT2D eigenvalue weighted by atomic mass is 9.47. The van der Waals surface area contributed by atoms with Crippen molar-refractivity contribution in [2.75, 3.05) is 14.2 Å². The number of carbonyl (C=O) groups excluding carboxylic acids is 2. The highest BCUT2D eigenvalue weighted by Crippen LogP contribution is 2.66. The van der Waals surface area contributed by atoms with Crippen molar-refractivity contribution >= 4 is 11.9 Å². The first-order valence-electron chi connectivity index (χ1n) is 12.4. The largest absolute Gasteiger partial charge is 0.493 e. The van der Waals surface area contributed by atoms with Gasteiger partial charge in [0.15, 0.2) is 11.5 Å². The van der Waals surface area contributed by atoms with E-state index in [4.69, 9.17) is 9.47 Å². The Morgan fingerprint density at radius 2 is 1.69 bits per heavy atom.